The SMILES string of the molecule is O=C(CO)c1ccc2c3occc3n(C3CCOCC3)c2c1. The number of fused-ring (bicyclic) bond motifs is 3. The van der Waals surface area contributed by atoms with Crippen molar-refractivity contribution in [3.8, 4) is 0 Å². The van der Waals surface area contributed by atoms with Crippen LogP contribution in [-0.4, -0.2) is 35.3 Å². The minimum absolute atomic E-state index is 0.266. The maximum atomic E-state index is 11.8. The van der Waals surface area contributed by atoms with Gasteiger partial charge in [0.15, 0.2) is 11.4 Å². The number of furan rings is 1. The van der Waals surface area contributed by atoms with Gasteiger partial charge in [0.25, 0.3) is 0 Å². The summed E-state index contributed by atoms with van der Waals surface area (Å²) >= 11 is 0. The zero-order valence-corrected chi connectivity index (χ0v) is 12.1. The lowest BCUT2D eigenvalue weighted by Crippen LogP contribution is -2.19. The van der Waals surface area contributed by atoms with E-state index in [1.165, 1.54) is 0 Å². The number of Topliss-reactive ketones (excluding diaryl/α,β-unsaturated/α-hetero) is 1. The van der Waals surface area contributed by atoms with E-state index < -0.39 is 6.61 Å². The minimum atomic E-state index is -0.473. The zero-order valence-electron chi connectivity index (χ0n) is 12.1. The number of aromatic nitrogens is 1. The molecule has 0 amide bonds. The summed E-state index contributed by atoms with van der Waals surface area (Å²) in [5.74, 6) is -0.266. The molecule has 0 saturated carbocycles. The van der Waals surface area contributed by atoms with Crippen molar-refractivity contribution >= 4 is 27.8 Å². The van der Waals surface area contributed by atoms with Crippen LogP contribution in [-0.2, 0) is 4.74 Å². The topological polar surface area (TPSA) is 64.6 Å². The van der Waals surface area contributed by atoms with Crippen LogP contribution in [0.4, 0.5) is 0 Å². The molecule has 0 unspecified atom stereocenters. The van der Waals surface area contributed by atoms with Crippen LogP contribution < -0.4 is 0 Å². The molecule has 0 aliphatic carbocycles. The third-order valence-electron chi connectivity index (χ3n) is 4.43. The molecule has 3 heterocycles. The fourth-order valence-electron chi connectivity index (χ4n) is 3.35. The normalized spacial score (nSPS) is 16.6. The first-order chi connectivity index (χ1) is 10.8. The lowest BCUT2D eigenvalue weighted by molar-refractivity contribution is 0.0717. The Bertz CT molecular complexity index is 839. The van der Waals surface area contributed by atoms with E-state index in [0.717, 1.165) is 48.1 Å². The third kappa shape index (κ3) is 1.97. The van der Waals surface area contributed by atoms with Crippen LogP contribution in [0, 0.1) is 0 Å². The van der Waals surface area contributed by atoms with Gasteiger partial charge >= 0.3 is 0 Å². The molecule has 1 aliphatic rings. The van der Waals surface area contributed by atoms with Crippen LogP contribution >= 0.6 is 0 Å². The summed E-state index contributed by atoms with van der Waals surface area (Å²) in [5.41, 5.74) is 3.42. The Morgan fingerprint density at radius 2 is 2.05 bits per heavy atom. The van der Waals surface area contributed by atoms with Crippen LogP contribution in [0.5, 0.6) is 0 Å². The fraction of sp³-hybridized carbons (Fsp3) is 0.353. The molecule has 0 bridgehead atoms. The van der Waals surface area contributed by atoms with Gasteiger partial charge in [-0.2, -0.15) is 0 Å². The predicted molar refractivity (Wildman–Crippen MR) is 82.2 cm³/mol. The first-order valence-corrected chi connectivity index (χ1v) is 7.52. The van der Waals surface area contributed by atoms with Crippen molar-refractivity contribution in [3.63, 3.8) is 0 Å². The molecule has 3 aromatic rings. The summed E-state index contributed by atoms with van der Waals surface area (Å²) in [7, 11) is 0. The lowest BCUT2D eigenvalue weighted by Gasteiger charge is -2.25. The molecule has 0 atom stereocenters. The smallest absolute Gasteiger partial charge is 0.188 e. The Kier molecular flexibility index (Phi) is 3.24. The largest absolute Gasteiger partial charge is 0.462 e. The number of ether oxygens (including phenoxy) is 1. The third-order valence-corrected chi connectivity index (χ3v) is 4.43. The zero-order chi connectivity index (χ0) is 15.1. The molecule has 1 N–H and O–H groups in total. The summed E-state index contributed by atoms with van der Waals surface area (Å²) in [5, 5.41) is 10.1. The number of hydrogen-bond acceptors (Lipinski definition) is 4. The highest BCUT2D eigenvalue weighted by atomic mass is 16.5. The number of aliphatic hydroxyl groups excluding tert-OH is 1. The molecule has 1 aromatic carbocycles. The van der Waals surface area contributed by atoms with E-state index in [9.17, 15) is 4.79 Å². The van der Waals surface area contributed by atoms with E-state index in [2.05, 4.69) is 4.57 Å². The number of ketones is 1. The number of hydrogen-bond donors (Lipinski definition) is 1. The maximum absolute atomic E-state index is 11.8. The summed E-state index contributed by atoms with van der Waals surface area (Å²) in [6, 6.07) is 7.82. The van der Waals surface area contributed by atoms with Crippen molar-refractivity contribution in [1.29, 1.82) is 0 Å². The molecule has 2 aromatic heterocycles. The number of benzene rings is 1. The number of nitrogens with zero attached hydrogens (tertiary/aromatic N) is 1. The molecule has 0 radical (unpaired) electrons. The van der Waals surface area contributed by atoms with Crippen LogP contribution in [0.2, 0.25) is 0 Å². The molecule has 1 fully saturated rings. The quantitative estimate of drug-likeness (QED) is 0.755. The van der Waals surface area contributed by atoms with Crippen molar-refractivity contribution in [2.45, 2.75) is 18.9 Å². The first-order valence-electron chi connectivity index (χ1n) is 7.52. The van der Waals surface area contributed by atoms with Gasteiger partial charge in [0.05, 0.1) is 17.3 Å². The van der Waals surface area contributed by atoms with Gasteiger partial charge < -0.3 is 18.8 Å². The second kappa shape index (κ2) is 5.26. The van der Waals surface area contributed by atoms with Crippen LogP contribution in [0.1, 0.15) is 29.2 Å². The number of rotatable bonds is 3. The van der Waals surface area contributed by atoms with E-state index in [1.807, 2.05) is 18.2 Å². The predicted octanol–water partition coefficient (Wildman–Crippen LogP) is 2.91. The van der Waals surface area contributed by atoms with Crippen LogP contribution in [0.15, 0.2) is 34.9 Å². The van der Waals surface area contributed by atoms with E-state index in [4.69, 9.17) is 14.3 Å². The lowest BCUT2D eigenvalue weighted by atomic mass is 10.1. The monoisotopic (exact) mass is 299 g/mol. The fourth-order valence-corrected chi connectivity index (χ4v) is 3.35. The van der Waals surface area contributed by atoms with E-state index in [-0.39, 0.29) is 5.78 Å². The molecule has 1 saturated heterocycles. The number of aliphatic hydroxyl groups is 1. The molecular weight excluding hydrogens is 282 g/mol. The van der Waals surface area contributed by atoms with Gasteiger partial charge in [0, 0.05) is 36.3 Å². The van der Waals surface area contributed by atoms with E-state index >= 15 is 0 Å². The Morgan fingerprint density at radius 3 is 2.82 bits per heavy atom. The molecule has 1 aliphatic heterocycles. The van der Waals surface area contributed by atoms with Crippen molar-refractivity contribution in [3.05, 3.63) is 36.1 Å². The molecule has 114 valence electrons. The Labute approximate surface area is 127 Å². The molecule has 5 heteroatoms. The molecule has 22 heavy (non-hydrogen) atoms. The highest BCUT2D eigenvalue weighted by Crippen LogP contribution is 2.36. The standard InChI is InChI=1S/C17H17NO4/c19-10-16(20)11-1-2-13-15(9-11)18(12-3-6-21-7-4-12)14-5-8-22-17(13)14/h1-2,5,8-9,12,19H,3-4,6-7,10H2. The molecule has 0 spiro atoms. The van der Waals surface area contributed by atoms with Crippen molar-refractivity contribution in [1.82, 2.24) is 4.57 Å². The Balaban J connectivity index is 1.96. The minimum Gasteiger partial charge on any atom is -0.462 e. The summed E-state index contributed by atoms with van der Waals surface area (Å²) < 4.78 is 13.4. The van der Waals surface area contributed by atoms with Gasteiger partial charge in [-0.25, -0.2) is 0 Å². The van der Waals surface area contributed by atoms with Crippen LogP contribution in [0.3, 0.4) is 0 Å². The Hall–Kier alpha value is -2.11. The second-order valence-corrected chi connectivity index (χ2v) is 5.66. The van der Waals surface area contributed by atoms with Gasteiger partial charge in [-0.15, -0.1) is 0 Å². The van der Waals surface area contributed by atoms with Gasteiger partial charge in [0.1, 0.15) is 6.61 Å². The number of carbonyl (C=O) groups excluding carboxylic acids is 1. The van der Waals surface area contributed by atoms with Gasteiger partial charge in [-0.05, 0) is 25.0 Å². The number of carbonyl (C=O) groups is 1. The second-order valence-electron chi connectivity index (χ2n) is 5.66. The summed E-state index contributed by atoms with van der Waals surface area (Å²) in [6.45, 7) is 1.03. The average molecular weight is 299 g/mol. The van der Waals surface area contributed by atoms with E-state index in [1.54, 1.807) is 12.3 Å². The van der Waals surface area contributed by atoms with Crippen LogP contribution in [0.25, 0.3) is 22.0 Å². The van der Waals surface area contributed by atoms with Crippen molar-refractivity contribution < 1.29 is 19.1 Å². The average Bonchev–Trinajstić information content (AvgIpc) is 3.14. The van der Waals surface area contributed by atoms with Gasteiger partial charge in [-0.1, -0.05) is 6.07 Å². The van der Waals surface area contributed by atoms with E-state index in [0.29, 0.717) is 11.6 Å². The first kappa shape index (κ1) is 13.5. The highest BCUT2D eigenvalue weighted by Gasteiger charge is 2.23. The van der Waals surface area contributed by atoms with Gasteiger partial charge in [-0.3, -0.25) is 4.79 Å². The Morgan fingerprint density at radius 1 is 1.23 bits per heavy atom. The highest BCUT2D eigenvalue weighted by molar-refractivity contribution is 6.08. The summed E-state index contributed by atoms with van der Waals surface area (Å²) in [4.78, 5) is 11.8. The van der Waals surface area contributed by atoms with Crippen molar-refractivity contribution in [2.24, 2.45) is 0 Å². The molecule has 4 rings (SSSR count). The summed E-state index contributed by atoms with van der Waals surface area (Å²) in [6.07, 6.45) is 3.59. The molecular formula is C17H17NO4. The maximum Gasteiger partial charge on any atom is 0.188 e. The van der Waals surface area contributed by atoms with Crippen molar-refractivity contribution in [2.75, 3.05) is 19.8 Å². The molecule has 5 nitrogen and oxygen atoms in total. The van der Waals surface area contributed by atoms with Gasteiger partial charge in [0.2, 0.25) is 0 Å².